The highest BCUT2D eigenvalue weighted by Crippen LogP contribution is 2.54. The van der Waals surface area contributed by atoms with E-state index < -0.39 is 0 Å². The van der Waals surface area contributed by atoms with Gasteiger partial charge in [-0.25, -0.2) is 9.97 Å². The van der Waals surface area contributed by atoms with Crippen molar-refractivity contribution in [3.63, 3.8) is 0 Å². The topological polar surface area (TPSA) is 35.6 Å². The van der Waals surface area contributed by atoms with Gasteiger partial charge < -0.3 is 9.13 Å². The van der Waals surface area contributed by atoms with Crippen LogP contribution in [-0.4, -0.2) is 19.1 Å². The second-order valence-corrected chi connectivity index (χ2v) is 13.8. The summed E-state index contributed by atoms with van der Waals surface area (Å²) in [6.45, 7) is 0. The van der Waals surface area contributed by atoms with Gasteiger partial charge in [0.2, 0.25) is 0 Å². The number of nitrogens with zero attached hydrogens (tertiary/aromatic N) is 4. The molecule has 0 amide bonds. The van der Waals surface area contributed by atoms with Gasteiger partial charge in [-0.2, -0.15) is 0 Å². The highest BCUT2D eigenvalue weighted by Gasteiger charge is 2.28. The van der Waals surface area contributed by atoms with E-state index in [-0.39, 0.29) is 0 Å². The lowest BCUT2D eigenvalue weighted by molar-refractivity contribution is 1.06. The standard InChI is InChI=1S/C48H28N4/c1-3-14-30(15-4-1)51-25-40(49-27-51)45-39-24-38-33-19-8-7-18-32(33)34-20-11-23-37(43(34)38)44(39)48(41-26-52(28-50-41)31-16-5-2-6-17-31)47-36-22-10-13-29-12-9-21-35(42(29)36)46(45)47/h1-28H. The van der Waals surface area contributed by atoms with E-state index in [1.807, 2.05) is 12.7 Å². The summed E-state index contributed by atoms with van der Waals surface area (Å²) in [6, 6.07) is 52.5. The Kier molecular flexibility index (Phi) is 5.47. The van der Waals surface area contributed by atoms with Gasteiger partial charge in [-0.3, -0.25) is 0 Å². The first kappa shape index (κ1) is 27.7. The van der Waals surface area contributed by atoms with E-state index >= 15 is 0 Å². The van der Waals surface area contributed by atoms with Crippen molar-refractivity contribution in [3.05, 3.63) is 171 Å². The number of benzene rings is 8. The van der Waals surface area contributed by atoms with Gasteiger partial charge in [0.15, 0.2) is 0 Å². The normalized spacial score (nSPS) is 12.2. The van der Waals surface area contributed by atoms with Crippen LogP contribution in [0.5, 0.6) is 0 Å². The third-order valence-electron chi connectivity index (χ3n) is 11.2. The molecule has 2 aromatic heterocycles. The molecule has 0 radical (unpaired) electrons. The number of fused-ring (bicyclic) bond motifs is 8. The quantitative estimate of drug-likeness (QED) is 0.176. The third-order valence-corrected chi connectivity index (χ3v) is 11.2. The number of hydrogen-bond donors (Lipinski definition) is 0. The zero-order valence-corrected chi connectivity index (χ0v) is 28.0. The molecule has 0 fully saturated rings. The molecule has 2 heterocycles. The number of para-hydroxylation sites is 2. The lowest BCUT2D eigenvalue weighted by Gasteiger charge is -2.17. The van der Waals surface area contributed by atoms with Crippen LogP contribution in [0.3, 0.4) is 0 Å². The van der Waals surface area contributed by atoms with Gasteiger partial charge in [0.1, 0.15) is 0 Å². The predicted molar refractivity (Wildman–Crippen MR) is 216 cm³/mol. The maximum atomic E-state index is 5.21. The summed E-state index contributed by atoms with van der Waals surface area (Å²) < 4.78 is 4.28. The molecule has 0 N–H and O–H groups in total. The van der Waals surface area contributed by atoms with Crippen molar-refractivity contribution < 1.29 is 0 Å². The van der Waals surface area contributed by atoms with Crippen LogP contribution in [0.1, 0.15) is 0 Å². The molecule has 0 saturated heterocycles. The first-order chi connectivity index (χ1) is 25.8. The maximum Gasteiger partial charge on any atom is 0.0999 e. The highest BCUT2D eigenvalue weighted by molar-refractivity contribution is 6.44. The Morgan fingerprint density at radius 1 is 0.327 bits per heavy atom. The first-order valence-corrected chi connectivity index (χ1v) is 17.7. The number of rotatable bonds is 4. The van der Waals surface area contributed by atoms with E-state index in [2.05, 4.69) is 167 Å². The zero-order valence-electron chi connectivity index (χ0n) is 28.0. The number of aromatic nitrogens is 4. The summed E-state index contributed by atoms with van der Waals surface area (Å²) in [7, 11) is 0. The molecule has 0 aliphatic rings. The Morgan fingerprint density at radius 3 is 1.44 bits per heavy atom. The Bertz CT molecular complexity index is 3330. The molecule has 52 heavy (non-hydrogen) atoms. The van der Waals surface area contributed by atoms with E-state index in [1.54, 1.807) is 0 Å². The molecule has 4 nitrogen and oxygen atoms in total. The van der Waals surface area contributed by atoms with Crippen LogP contribution < -0.4 is 0 Å². The number of imidazole rings is 2. The van der Waals surface area contributed by atoms with E-state index in [4.69, 9.17) is 9.97 Å². The molecule has 0 atom stereocenters. The van der Waals surface area contributed by atoms with Crippen molar-refractivity contribution in [2.45, 2.75) is 0 Å². The third kappa shape index (κ3) is 3.65. The van der Waals surface area contributed by atoms with Crippen molar-refractivity contribution in [1.82, 2.24) is 19.1 Å². The fourth-order valence-electron chi connectivity index (χ4n) is 9.06. The molecule has 0 saturated carbocycles. The fourth-order valence-corrected chi connectivity index (χ4v) is 9.06. The molecule has 0 spiro atoms. The maximum absolute atomic E-state index is 5.21. The van der Waals surface area contributed by atoms with Crippen LogP contribution in [0.2, 0.25) is 0 Å². The van der Waals surface area contributed by atoms with E-state index in [0.29, 0.717) is 0 Å². The molecule has 4 heteroatoms. The molecule has 0 aliphatic heterocycles. The minimum absolute atomic E-state index is 0.949. The second kappa shape index (κ2) is 10.3. The first-order valence-electron chi connectivity index (χ1n) is 17.7. The van der Waals surface area contributed by atoms with E-state index in [1.165, 1.54) is 75.4 Å². The van der Waals surface area contributed by atoms with Gasteiger partial charge >= 0.3 is 0 Å². The minimum atomic E-state index is 0.949. The Labute approximate surface area is 298 Å². The van der Waals surface area contributed by atoms with Crippen LogP contribution in [0, 0.1) is 0 Å². The van der Waals surface area contributed by atoms with Crippen LogP contribution >= 0.6 is 0 Å². The van der Waals surface area contributed by atoms with Crippen molar-refractivity contribution >= 4 is 75.4 Å². The summed E-state index contributed by atoms with van der Waals surface area (Å²) in [5, 5.41) is 17.5. The van der Waals surface area contributed by atoms with Crippen LogP contribution in [0.4, 0.5) is 0 Å². The molecular weight excluding hydrogens is 633 g/mol. The SMILES string of the molecule is c1ccc(-n2cnc(-c3c4cc5c6ccccc6c6cccc(c4c(-c4cn(-c7ccccc7)cn4)c4c7cccc8cccc(c34)c87)c65)c2)cc1. The summed E-state index contributed by atoms with van der Waals surface area (Å²) in [6.07, 6.45) is 8.31. The minimum Gasteiger partial charge on any atom is -0.306 e. The Balaban J connectivity index is 1.34. The number of hydrogen-bond acceptors (Lipinski definition) is 2. The van der Waals surface area contributed by atoms with Crippen molar-refractivity contribution in [2.75, 3.05) is 0 Å². The van der Waals surface area contributed by atoms with Crippen LogP contribution in [0.15, 0.2) is 171 Å². The molecule has 240 valence electrons. The van der Waals surface area contributed by atoms with Gasteiger partial charge in [-0.15, -0.1) is 0 Å². The zero-order chi connectivity index (χ0) is 33.9. The van der Waals surface area contributed by atoms with Gasteiger partial charge in [0, 0.05) is 51.1 Å². The average Bonchev–Trinajstić information content (AvgIpc) is 4.02. The molecule has 12 aromatic rings. The molecule has 0 aliphatic carbocycles. The predicted octanol–water partition coefficient (Wildman–Crippen LogP) is 12.3. The van der Waals surface area contributed by atoms with E-state index in [0.717, 1.165) is 33.9 Å². The van der Waals surface area contributed by atoms with Crippen molar-refractivity contribution in [3.8, 4) is 33.9 Å². The lowest BCUT2D eigenvalue weighted by atomic mass is 9.86. The van der Waals surface area contributed by atoms with Crippen molar-refractivity contribution in [2.24, 2.45) is 0 Å². The monoisotopic (exact) mass is 660 g/mol. The molecule has 12 rings (SSSR count). The average molecular weight is 661 g/mol. The Hall–Kier alpha value is -7.04. The smallest absolute Gasteiger partial charge is 0.0999 e. The van der Waals surface area contributed by atoms with Gasteiger partial charge in [-0.05, 0) is 89.6 Å². The lowest BCUT2D eigenvalue weighted by Crippen LogP contribution is -1.92. The summed E-state index contributed by atoms with van der Waals surface area (Å²) in [5.41, 5.74) is 6.38. The summed E-state index contributed by atoms with van der Waals surface area (Å²) in [5.74, 6) is 0. The van der Waals surface area contributed by atoms with E-state index in [9.17, 15) is 0 Å². The summed E-state index contributed by atoms with van der Waals surface area (Å²) in [4.78, 5) is 10.4. The molecule has 0 unspecified atom stereocenters. The second-order valence-electron chi connectivity index (χ2n) is 13.8. The highest BCUT2D eigenvalue weighted by atomic mass is 15.0. The van der Waals surface area contributed by atoms with Crippen LogP contribution in [-0.2, 0) is 0 Å². The molecule has 0 bridgehead atoms. The van der Waals surface area contributed by atoms with Gasteiger partial charge in [0.25, 0.3) is 0 Å². The summed E-state index contributed by atoms with van der Waals surface area (Å²) >= 11 is 0. The fraction of sp³-hybridized carbons (Fsp3) is 0. The van der Waals surface area contributed by atoms with Gasteiger partial charge in [0.05, 0.1) is 24.0 Å². The molecular formula is C48H28N4. The Morgan fingerprint density at radius 2 is 0.808 bits per heavy atom. The van der Waals surface area contributed by atoms with Gasteiger partial charge in [-0.1, -0.05) is 115 Å². The van der Waals surface area contributed by atoms with Crippen molar-refractivity contribution in [1.29, 1.82) is 0 Å². The largest absolute Gasteiger partial charge is 0.306 e. The van der Waals surface area contributed by atoms with Crippen LogP contribution in [0.25, 0.3) is 109 Å². The molecule has 10 aromatic carbocycles.